The third-order valence-electron chi connectivity index (χ3n) is 3.95. The average molecular weight is 283 g/mol. The Bertz CT molecular complexity index is 696. The number of ether oxygens (including phenoxy) is 1. The molecule has 0 spiro atoms. The van der Waals surface area contributed by atoms with Crippen molar-refractivity contribution in [3.63, 3.8) is 0 Å². The van der Waals surface area contributed by atoms with Gasteiger partial charge in [0, 0.05) is 12.1 Å². The maximum Gasteiger partial charge on any atom is 0.321 e. The maximum atomic E-state index is 12.0. The van der Waals surface area contributed by atoms with Crippen LogP contribution in [0.4, 0.5) is 5.69 Å². The number of hydrogen-bond acceptors (Lipinski definition) is 4. The second kappa shape index (κ2) is 4.70. The molecule has 0 unspecified atom stereocenters. The molecule has 0 bridgehead atoms. The van der Waals surface area contributed by atoms with Gasteiger partial charge in [0.15, 0.2) is 0 Å². The summed E-state index contributed by atoms with van der Waals surface area (Å²) >= 11 is 0. The first-order valence-electron chi connectivity index (χ1n) is 6.54. The molecule has 0 amide bonds. The second-order valence-electron chi connectivity index (χ2n) is 5.20. The normalized spacial score (nSPS) is 24.0. The van der Waals surface area contributed by atoms with Crippen LogP contribution in [0.2, 0.25) is 0 Å². The smallest absolute Gasteiger partial charge is 0.321 e. The Labute approximate surface area is 121 Å². The fourth-order valence-electron chi connectivity index (χ4n) is 2.62. The highest BCUT2D eigenvalue weighted by atomic mass is 16.6. The predicted molar refractivity (Wildman–Crippen MR) is 75.7 cm³/mol. The Morgan fingerprint density at radius 1 is 1.10 bits per heavy atom. The second-order valence-corrected chi connectivity index (χ2v) is 5.20. The van der Waals surface area contributed by atoms with Crippen molar-refractivity contribution in [2.75, 3.05) is 0 Å². The first-order chi connectivity index (χ1) is 10.0. The van der Waals surface area contributed by atoms with Crippen molar-refractivity contribution in [2.45, 2.75) is 18.4 Å². The van der Waals surface area contributed by atoms with Crippen LogP contribution >= 0.6 is 0 Å². The Kier molecular flexibility index (Phi) is 2.97. The summed E-state index contributed by atoms with van der Waals surface area (Å²) in [7, 11) is 0. The predicted octanol–water partition coefficient (Wildman–Crippen LogP) is 3.15. The minimum absolute atomic E-state index is 0.0193. The standard InChI is InChI=1S/C16H13NO4/c1-16(12-5-3-2-4-6-12)14(21-15(16)18)11-7-9-13(10-8-11)17(19)20/h2-10,14H,1H3/t14-,16-/m0/s1. The van der Waals surface area contributed by atoms with Gasteiger partial charge < -0.3 is 4.74 Å². The fraction of sp³-hybridized carbons (Fsp3) is 0.188. The number of cyclic esters (lactones) is 1. The van der Waals surface area contributed by atoms with E-state index >= 15 is 0 Å². The highest BCUT2D eigenvalue weighted by molar-refractivity contribution is 5.89. The first-order valence-corrected chi connectivity index (χ1v) is 6.54. The number of hydrogen-bond donors (Lipinski definition) is 0. The van der Waals surface area contributed by atoms with E-state index < -0.39 is 16.4 Å². The van der Waals surface area contributed by atoms with Crippen LogP contribution in [0, 0.1) is 10.1 Å². The van der Waals surface area contributed by atoms with Gasteiger partial charge in [-0.3, -0.25) is 14.9 Å². The molecule has 1 aliphatic rings. The topological polar surface area (TPSA) is 69.4 Å². The van der Waals surface area contributed by atoms with Crippen molar-refractivity contribution in [1.29, 1.82) is 0 Å². The summed E-state index contributed by atoms with van der Waals surface area (Å²) in [4.78, 5) is 22.2. The van der Waals surface area contributed by atoms with E-state index in [1.54, 1.807) is 12.1 Å². The van der Waals surface area contributed by atoms with Crippen LogP contribution < -0.4 is 0 Å². The van der Waals surface area contributed by atoms with Crippen LogP contribution in [-0.4, -0.2) is 10.9 Å². The monoisotopic (exact) mass is 283 g/mol. The number of rotatable bonds is 3. The Hall–Kier alpha value is -2.69. The quantitative estimate of drug-likeness (QED) is 0.493. The van der Waals surface area contributed by atoms with Crippen molar-refractivity contribution >= 4 is 11.7 Å². The van der Waals surface area contributed by atoms with Crippen molar-refractivity contribution in [2.24, 2.45) is 0 Å². The fourth-order valence-corrected chi connectivity index (χ4v) is 2.62. The molecule has 106 valence electrons. The molecule has 5 nitrogen and oxygen atoms in total. The first kappa shape index (κ1) is 13.3. The van der Waals surface area contributed by atoms with Gasteiger partial charge in [0.25, 0.3) is 5.69 Å². The molecule has 0 aliphatic carbocycles. The summed E-state index contributed by atoms with van der Waals surface area (Å²) in [6.07, 6.45) is -0.423. The van der Waals surface area contributed by atoms with E-state index in [-0.39, 0.29) is 11.7 Å². The minimum Gasteiger partial charge on any atom is -0.455 e. The Morgan fingerprint density at radius 3 is 2.24 bits per heavy atom. The summed E-state index contributed by atoms with van der Waals surface area (Å²) in [5, 5.41) is 10.7. The zero-order valence-corrected chi connectivity index (χ0v) is 11.4. The molecule has 2 aromatic carbocycles. The van der Waals surface area contributed by atoms with Gasteiger partial charge in [0.2, 0.25) is 0 Å². The molecule has 3 rings (SSSR count). The number of benzene rings is 2. The molecule has 1 fully saturated rings. The zero-order chi connectivity index (χ0) is 15.0. The molecule has 1 heterocycles. The lowest BCUT2D eigenvalue weighted by Gasteiger charge is -2.45. The highest BCUT2D eigenvalue weighted by Gasteiger charge is 2.56. The van der Waals surface area contributed by atoms with Crippen LogP contribution in [0.1, 0.15) is 24.2 Å². The molecule has 2 aromatic rings. The summed E-state index contributed by atoms with van der Waals surface area (Å²) in [5.41, 5.74) is 0.902. The third kappa shape index (κ3) is 1.98. The van der Waals surface area contributed by atoms with Crippen molar-refractivity contribution < 1.29 is 14.5 Å². The summed E-state index contributed by atoms with van der Waals surface area (Å²) < 4.78 is 5.29. The molecule has 1 aliphatic heterocycles. The molecule has 5 heteroatoms. The molecule has 0 saturated carbocycles. The van der Waals surface area contributed by atoms with Crippen molar-refractivity contribution in [1.82, 2.24) is 0 Å². The van der Waals surface area contributed by atoms with Gasteiger partial charge in [-0.2, -0.15) is 0 Å². The number of carbonyl (C=O) groups excluding carboxylic acids is 1. The van der Waals surface area contributed by atoms with Gasteiger partial charge in [0.1, 0.15) is 11.5 Å². The molecule has 2 atom stereocenters. The number of nitro benzene ring substituents is 1. The van der Waals surface area contributed by atoms with Gasteiger partial charge in [-0.25, -0.2) is 0 Å². The average Bonchev–Trinajstić information content (AvgIpc) is 2.52. The largest absolute Gasteiger partial charge is 0.455 e. The number of carbonyl (C=O) groups is 1. The Balaban J connectivity index is 1.96. The number of nitro groups is 1. The third-order valence-corrected chi connectivity index (χ3v) is 3.95. The van der Waals surface area contributed by atoms with E-state index in [2.05, 4.69) is 0 Å². The van der Waals surface area contributed by atoms with Gasteiger partial charge in [-0.15, -0.1) is 0 Å². The molecule has 1 saturated heterocycles. The van der Waals surface area contributed by atoms with Crippen LogP contribution in [-0.2, 0) is 14.9 Å². The van der Waals surface area contributed by atoms with Crippen LogP contribution in [0.15, 0.2) is 54.6 Å². The van der Waals surface area contributed by atoms with E-state index in [0.29, 0.717) is 0 Å². The van der Waals surface area contributed by atoms with E-state index in [1.165, 1.54) is 12.1 Å². The number of non-ortho nitro benzene ring substituents is 1. The van der Waals surface area contributed by atoms with E-state index in [9.17, 15) is 14.9 Å². The number of esters is 1. The van der Waals surface area contributed by atoms with Crippen LogP contribution in [0.3, 0.4) is 0 Å². The number of nitrogens with zero attached hydrogens (tertiary/aromatic N) is 1. The molecule has 0 radical (unpaired) electrons. The van der Waals surface area contributed by atoms with E-state index in [1.807, 2.05) is 37.3 Å². The molecule has 0 aromatic heterocycles. The van der Waals surface area contributed by atoms with Gasteiger partial charge in [-0.1, -0.05) is 30.3 Å². The zero-order valence-electron chi connectivity index (χ0n) is 11.4. The van der Waals surface area contributed by atoms with Crippen LogP contribution in [0.25, 0.3) is 0 Å². The lowest BCUT2D eigenvalue weighted by molar-refractivity contribution is -0.384. The molecule has 21 heavy (non-hydrogen) atoms. The lowest BCUT2D eigenvalue weighted by atomic mass is 9.71. The molecular weight excluding hydrogens is 270 g/mol. The van der Waals surface area contributed by atoms with Gasteiger partial charge in [-0.05, 0) is 30.2 Å². The Morgan fingerprint density at radius 2 is 1.71 bits per heavy atom. The van der Waals surface area contributed by atoms with Crippen molar-refractivity contribution in [3.05, 3.63) is 75.8 Å². The van der Waals surface area contributed by atoms with Crippen molar-refractivity contribution in [3.8, 4) is 0 Å². The van der Waals surface area contributed by atoms with Crippen LogP contribution in [0.5, 0.6) is 0 Å². The van der Waals surface area contributed by atoms with E-state index in [4.69, 9.17) is 4.74 Å². The van der Waals surface area contributed by atoms with Gasteiger partial charge in [0.05, 0.1) is 4.92 Å². The maximum absolute atomic E-state index is 12.0. The SMILES string of the molecule is C[C@@]1(c2ccccc2)C(=O)O[C@H]1c1ccc([N+](=O)[O-])cc1. The summed E-state index contributed by atoms with van der Waals surface area (Å²) in [5.74, 6) is -0.281. The molecule has 0 N–H and O–H groups in total. The highest BCUT2D eigenvalue weighted by Crippen LogP contribution is 2.49. The van der Waals surface area contributed by atoms with E-state index in [0.717, 1.165) is 11.1 Å². The summed E-state index contributed by atoms with van der Waals surface area (Å²) in [6, 6.07) is 15.5. The lowest BCUT2D eigenvalue weighted by Crippen LogP contribution is -2.52. The molecular formula is C16H13NO4. The minimum atomic E-state index is -0.753. The summed E-state index contributed by atoms with van der Waals surface area (Å²) in [6.45, 7) is 1.83. The van der Waals surface area contributed by atoms with Gasteiger partial charge >= 0.3 is 5.97 Å².